The lowest BCUT2D eigenvalue weighted by molar-refractivity contribution is 0.122. The molecule has 2 saturated heterocycles. The monoisotopic (exact) mass is 625 g/mol. The molecule has 0 bridgehead atoms. The highest BCUT2D eigenvalue weighted by Gasteiger charge is 2.22. The molecule has 0 atom stereocenters. The summed E-state index contributed by atoms with van der Waals surface area (Å²) in [5.74, 6) is 0. The minimum absolute atomic E-state index is 0.0893. The van der Waals surface area contributed by atoms with Crippen LogP contribution in [0.25, 0.3) is 22.9 Å². The Morgan fingerprint density at radius 3 is 2.20 bits per heavy atom. The zero-order valence-electron chi connectivity index (χ0n) is 29.4. The van der Waals surface area contributed by atoms with Crippen LogP contribution in [-0.4, -0.2) is 73.8 Å². The van der Waals surface area contributed by atoms with Gasteiger partial charge in [0.15, 0.2) is 0 Å². The predicted molar refractivity (Wildman–Crippen MR) is 197 cm³/mol. The van der Waals surface area contributed by atoms with E-state index in [0.29, 0.717) is 5.56 Å². The Labute approximate surface area is 277 Å². The molecule has 5 rings (SSSR count). The summed E-state index contributed by atoms with van der Waals surface area (Å²) in [6, 6.07) is 15.1. The summed E-state index contributed by atoms with van der Waals surface area (Å²) in [7, 11) is 0. The number of aryl methyl sites for hydroxylation is 2. The van der Waals surface area contributed by atoms with E-state index in [0.717, 1.165) is 99.1 Å². The van der Waals surface area contributed by atoms with Crippen molar-refractivity contribution in [2.45, 2.75) is 61.8 Å². The van der Waals surface area contributed by atoms with Crippen LogP contribution in [0.15, 0.2) is 64.7 Å². The van der Waals surface area contributed by atoms with E-state index in [2.05, 4.69) is 115 Å². The van der Waals surface area contributed by atoms with E-state index in [-0.39, 0.29) is 5.56 Å². The summed E-state index contributed by atoms with van der Waals surface area (Å²) >= 11 is 0. The van der Waals surface area contributed by atoms with E-state index in [1.807, 2.05) is 20.0 Å². The number of H-pyrrole nitrogens is 1. The number of likely N-dealkylation sites (N-methyl/N-ethyl adjacent to an activating group) is 1. The first-order valence-corrected chi connectivity index (χ1v) is 17.2. The Morgan fingerprint density at radius 2 is 1.59 bits per heavy atom. The van der Waals surface area contributed by atoms with Gasteiger partial charge in [-0.3, -0.25) is 4.79 Å². The van der Waals surface area contributed by atoms with Crippen LogP contribution in [0.4, 0.5) is 11.4 Å². The molecule has 2 aliphatic heterocycles. The fourth-order valence-electron chi connectivity index (χ4n) is 6.28. The molecule has 3 aromatic rings. The van der Waals surface area contributed by atoms with Crippen LogP contribution in [0.1, 0.15) is 70.2 Å². The van der Waals surface area contributed by atoms with Gasteiger partial charge in [0.2, 0.25) is 0 Å². The molecule has 46 heavy (non-hydrogen) atoms. The maximum atomic E-state index is 13.9. The number of piperazine rings is 1. The van der Waals surface area contributed by atoms with Crippen LogP contribution in [0, 0.1) is 13.8 Å². The fraction of sp³-hybridized carbons (Fsp3) is 0.462. The smallest absolute Gasteiger partial charge is 0.257 e. The van der Waals surface area contributed by atoms with Gasteiger partial charge in [-0.25, -0.2) is 0 Å². The second-order valence-electron chi connectivity index (χ2n) is 12.1. The number of nitrogens with zero attached hydrogens (tertiary/aromatic N) is 3. The maximum Gasteiger partial charge on any atom is 0.257 e. The number of allylic oxidation sites excluding steroid dienone is 2. The molecule has 7 heteroatoms. The average molecular weight is 626 g/mol. The maximum absolute atomic E-state index is 13.9. The summed E-state index contributed by atoms with van der Waals surface area (Å²) in [6.07, 6.45) is 4.96. The highest BCUT2D eigenvalue weighted by Crippen LogP contribution is 2.34. The quantitative estimate of drug-likeness (QED) is 0.253. The number of benzene rings is 2. The van der Waals surface area contributed by atoms with Gasteiger partial charge in [0.1, 0.15) is 0 Å². The first-order chi connectivity index (χ1) is 22.3. The summed E-state index contributed by atoms with van der Waals surface area (Å²) in [5, 5.41) is 3.69. The molecule has 0 spiro atoms. The van der Waals surface area contributed by atoms with Crippen molar-refractivity contribution < 1.29 is 4.74 Å². The number of rotatable bonds is 9. The van der Waals surface area contributed by atoms with Crippen LogP contribution >= 0.6 is 0 Å². The van der Waals surface area contributed by atoms with E-state index in [1.165, 1.54) is 22.5 Å². The lowest BCUT2D eigenvalue weighted by atomic mass is 9.91. The molecule has 2 aliphatic rings. The number of aromatic nitrogens is 1. The largest absolute Gasteiger partial charge is 0.378 e. The van der Waals surface area contributed by atoms with Gasteiger partial charge in [-0.15, -0.1) is 0 Å². The molecule has 3 heterocycles. The highest BCUT2D eigenvalue weighted by atomic mass is 16.5. The lowest BCUT2D eigenvalue weighted by Gasteiger charge is -2.36. The lowest BCUT2D eigenvalue weighted by Crippen LogP contribution is -2.45. The van der Waals surface area contributed by atoms with Gasteiger partial charge >= 0.3 is 0 Å². The molecule has 2 fully saturated rings. The van der Waals surface area contributed by atoms with E-state index >= 15 is 0 Å². The molecule has 2 N–H and O–H groups in total. The number of nitrogens with one attached hydrogen (secondary N) is 2. The number of anilines is 2. The first-order valence-electron chi connectivity index (χ1n) is 17.2. The van der Waals surface area contributed by atoms with Crippen LogP contribution in [0.3, 0.4) is 0 Å². The van der Waals surface area contributed by atoms with Gasteiger partial charge in [0.25, 0.3) is 5.56 Å². The summed E-state index contributed by atoms with van der Waals surface area (Å²) in [4.78, 5) is 24.3. The van der Waals surface area contributed by atoms with Crippen LogP contribution in [0.5, 0.6) is 0 Å². The van der Waals surface area contributed by atoms with Gasteiger partial charge in [0.05, 0.1) is 24.5 Å². The van der Waals surface area contributed by atoms with Crippen molar-refractivity contribution in [2.75, 3.05) is 69.2 Å². The Bertz CT molecular complexity index is 1560. The van der Waals surface area contributed by atoms with Crippen molar-refractivity contribution in [3.63, 3.8) is 0 Å². The number of hydrogen-bond donors (Lipinski definition) is 2. The third-order valence-corrected chi connectivity index (χ3v) is 9.20. The van der Waals surface area contributed by atoms with Crippen LogP contribution in [0.2, 0.25) is 0 Å². The number of morpholine rings is 1. The van der Waals surface area contributed by atoms with Crippen molar-refractivity contribution in [1.29, 1.82) is 0 Å². The van der Waals surface area contributed by atoms with Gasteiger partial charge in [0, 0.05) is 73.7 Å². The number of ether oxygens (including phenoxy) is 1. The highest BCUT2D eigenvalue weighted by molar-refractivity contribution is 5.89. The molecule has 0 saturated carbocycles. The number of hydrogen-bond acceptors (Lipinski definition) is 6. The second kappa shape index (κ2) is 16.7. The van der Waals surface area contributed by atoms with Crippen molar-refractivity contribution in [3.05, 3.63) is 92.5 Å². The van der Waals surface area contributed by atoms with E-state index < -0.39 is 0 Å². The summed E-state index contributed by atoms with van der Waals surface area (Å²) < 4.78 is 5.54. The Balaban J connectivity index is 0.00000235. The number of pyridine rings is 1. The number of aromatic amines is 1. The Hall–Kier alpha value is -3.81. The zero-order chi connectivity index (χ0) is 33.2. The average Bonchev–Trinajstić information content (AvgIpc) is 3.09. The van der Waals surface area contributed by atoms with Crippen molar-refractivity contribution in [3.8, 4) is 11.1 Å². The molecular formula is C39H55N5O2. The molecule has 0 unspecified atom stereocenters. The van der Waals surface area contributed by atoms with E-state index in [9.17, 15) is 4.79 Å². The van der Waals surface area contributed by atoms with Crippen molar-refractivity contribution in [1.82, 2.24) is 14.8 Å². The molecular weight excluding hydrogens is 570 g/mol. The van der Waals surface area contributed by atoms with E-state index in [1.54, 1.807) is 0 Å². The Kier molecular flexibility index (Phi) is 12.7. The molecule has 248 valence electrons. The molecule has 0 aliphatic carbocycles. The predicted octanol–water partition coefficient (Wildman–Crippen LogP) is 7.77. The van der Waals surface area contributed by atoms with E-state index in [4.69, 9.17) is 4.74 Å². The minimum atomic E-state index is -0.0893. The van der Waals surface area contributed by atoms with Gasteiger partial charge in [-0.1, -0.05) is 51.5 Å². The van der Waals surface area contributed by atoms with Crippen molar-refractivity contribution in [2.24, 2.45) is 0 Å². The van der Waals surface area contributed by atoms with Gasteiger partial charge in [-0.2, -0.15) is 0 Å². The van der Waals surface area contributed by atoms with Gasteiger partial charge < -0.3 is 29.7 Å². The second-order valence-corrected chi connectivity index (χ2v) is 12.1. The zero-order valence-corrected chi connectivity index (χ0v) is 29.4. The molecule has 1 aromatic heterocycles. The topological polar surface area (TPSA) is 63.8 Å². The third-order valence-electron chi connectivity index (χ3n) is 9.20. The SMILES string of the molecule is CC.CCC(C)=C(Nc1ccc(N2CCOCC2)cc1)c1c(/C=C(\C)N2CCN(CC)CC2)c(-c2ccc(C)cc2C)c[nH]c1=O. The summed E-state index contributed by atoms with van der Waals surface area (Å²) in [5.41, 5.74) is 11.5. The molecule has 7 nitrogen and oxygen atoms in total. The minimum Gasteiger partial charge on any atom is -0.378 e. The van der Waals surface area contributed by atoms with Crippen molar-refractivity contribution >= 4 is 23.1 Å². The van der Waals surface area contributed by atoms with Crippen LogP contribution in [-0.2, 0) is 4.74 Å². The molecule has 0 radical (unpaired) electrons. The fourth-order valence-corrected chi connectivity index (χ4v) is 6.28. The normalized spacial score (nSPS) is 16.5. The standard InChI is InChI=1S/C37H49N5O2.C2H6/c1-7-27(4)36(39-30-10-12-31(13-11-30)42-19-21-44-22-20-42)35-33(24-29(6)41-17-15-40(8-2)16-18-41)34(25-38-37(35)43)32-14-9-26(3)23-28(32)5;1-2/h9-14,23-25,39H,7-8,15-22H2,1-6H3,(H,38,43);1-2H3/b29-24+,36-27?;. The summed E-state index contributed by atoms with van der Waals surface area (Å²) in [6.45, 7) is 25.4. The van der Waals surface area contributed by atoms with Crippen LogP contribution < -0.4 is 15.8 Å². The first kappa shape index (κ1) is 35.1. The Morgan fingerprint density at radius 1 is 0.913 bits per heavy atom. The molecule has 2 aromatic carbocycles. The third kappa shape index (κ3) is 8.31. The molecule has 0 amide bonds. The van der Waals surface area contributed by atoms with Gasteiger partial charge in [-0.05, 0) is 87.7 Å².